The summed E-state index contributed by atoms with van der Waals surface area (Å²) < 4.78 is 66.2. The highest BCUT2D eigenvalue weighted by atomic mass is 35.5. The zero-order chi connectivity index (χ0) is 47.6. The van der Waals surface area contributed by atoms with Crippen LogP contribution in [0.4, 0.5) is 38.5 Å². The van der Waals surface area contributed by atoms with Gasteiger partial charge in [-0.05, 0) is 97.5 Å². The fourth-order valence-electron chi connectivity index (χ4n) is 7.10. The molecule has 14 nitrogen and oxygen atoms in total. The van der Waals surface area contributed by atoms with Crippen LogP contribution in [0.2, 0.25) is 10.0 Å². The van der Waals surface area contributed by atoms with Gasteiger partial charge in [0.25, 0.3) is 11.8 Å². The zero-order valence-electron chi connectivity index (χ0n) is 35.0. The maximum Gasteiger partial charge on any atom is 0.419 e. The van der Waals surface area contributed by atoms with Gasteiger partial charge in [0, 0.05) is 75.2 Å². The highest BCUT2D eigenvalue weighted by molar-refractivity contribution is 7.09. The largest absolute Gasteiger partial charge is 0.442 e. The molecule has 2 atom stereocenters. The first-order valence-corrected chi connectivity index (χ1v) is 22.5. The first-order chi connectivity index (χ1) is 32.2. The zero-order valence-corrected chi connectivity index (χ0v) is 39.0. The molecule has 3 heterocycles. The van der Waals surface area contributed by atoms with Crippen molar-refractivity contribution in [3.63, 3.8) is 0 Å². The molecule has 3 aromatic heterocycles. The van der Waals surface area contributed by atoms with Crippen molar-refractivity contribution < 1.29 is 46.2 Å². The molecule has 2 aliphatic carbocycles. The van der Waals surface area contributed by atoms with Crippen LogP contribution in [0.25, 0.3) is 0 Å². The number of alkyl carbamates (subject to hydrolysis) is 1. The van der Waals surface area contributed by atoms with Crippen molar-refractivity contribution in [3.05, 3.63) is 179 Å². The summed E-state index contributed by atoms with van der Waals surface area (Å²) >= 11 is 14.2. The Bertz CT molecular complexity index is 2900. The van der Waals surface area contributed by atoms with E-state index in [1.807, 2.05) is 5.38 Å². The van der Waals surface area contributed by atoms with Crippen molar-refractivity contribution in [1.29, 1.82) is 0 Å². The van der Waals surface area contributed by atoms with Gasteiger partial charge in [-0.25, -0.2) is 46.7 Å². The molecule has 7 aromatic rings. The molecule has 0 saturated heterocycles. The Morgan fingerprint density at radius 1 is 0.706 bits per heavy atom. The lowest BCUT2D eigenvalue weighted by atomic mass is 10.0. The molecule has 354 valence electrons. The number of nitrogens with zero attached hydrogens (tertiary/aromatic N) is 4. The summed E-state index contributed by atoms with van der Waals surface area (Å²) in [7, 11) is 0. The number of hydrogen-bond acceptors (Lipinski definition) is 12. The summed E-state index contributed by atoms with van der Waals surface area (Å²) in [5.74, 6) is -2.94. The summed E-state index contributed by atoms with van der Waals surface area (Å²) in [4.78, 5) is 60.3. The van der Waals surface area contributed by atoms with Gasteiger partial charge >= 0.3 is 12.2 Å². The van der Waals surface area contributed by atoms with Crippen LogP contribution in [0.3, 0.4) is 0 Å². The Morgan fingerprint density at radius 2 is 1.22 bits per heavy atom. The predicted molar refractivity (Wildman–Crippen MR) is 250 cm³/mol. The van der Waals surface area contributed by atoms with E-state index in [4.69, 9.17) is 38.4 Å². The Morgan fingerprint density at radius 3 is 1.74 bits per heavy atom. The lowest BCUT2D eigenvalue weighted by molar-refractivity contribution is 0.101. The number of ether oxygens (including phenoxy) is 2. The van der Waals surface area contributed by atoms with E-state index in [0.717, 1.165) is 11.1 Å². The second-order valence-corrected chi connectivity index (χ2v) is 17.2. The van der Waals surface area contributed by atoms with Crippen LogP contribution < -0.4 is 21.7 Å². The standard InChI is InChI=1S/C21H16ClF2N3O3S.C16H13ClF2N2O.C8H7N3O2S.ClH/c22-14-9-11(1-4-15(14)23)26-20(28)13-2-5-16(24)19-12(13)3-6-17(19)27-21(29)30-10-18-25-7-8-31-18;17-11-7-8(1-4-12(11)18)21-16(22)10-2-5-13(19)15-9(10)3-6-14(15)20;12-8(11-3-1-9-6-11)13-5-7-10-2-4-14-7;/h1-2,4-5,7-9,17H,3,6,10H2,(H,26,28)(H,27,29);1-2,4-5,7,14H,3,6,20H2,(H,21,22);1-4,6H,5H2;1H/t17-;14-;;/m00../s1. The molecule has 0 radical (unpaired) electrons. The molecule has 9 rings (SSSR count). The van der Waals surface area contributed by atoms with Crippen LogP contribution in [-0.2, 0) is 35.5 Å². The number of fused-ring (bicyclic) bond motifs is 2. The normalized spacial score (nSPS) is 14.1. The molecule has 68 heavy (non-hydrogen) atoms. The summed E-state index contributed by atoms with van der Waals surface area (Å²) in [6.45, 7) is 0.225. The van der Waals surface area contributed by atoms with Crippen molar-refractivity contribution in [2.24, 2.45) is 5.73 Å². The monoisotopic (exact) mass is 1030 g/mol. The summed E-state index contributed by atoms with van der Waals surface area (Å²) in [5.41, 5.74) is 9.03. The number of amides is 3. The number of carbonyl (C=O) groups excluding carboxylic acids is 4. The van der Waals surface area contributed by atoms with E-state index < -0.39 is 47.5 Å². The number of halogens is 7. The van der Waals surface area contributed by atoms with Gasteiger partial charge in [-0.1, -0.05) is 23.2 Å². The molecular weight excluding hydrogens is 995 g/mol. The van der Waals surface area contributed by atoms with Gasteiger partial charge in [-0.3, -0.25) is 9.59 Å². The van der Waals surface area contributed by atoms with Crippen molar-refractivity contribution in [1.82, 2.24) is 24.8 Å². The molecule has 0 spiro atoms. The van der Waals surface area contributed by atoms with Gasteiger partial charge in [-0.15, -0.1) is 35.1 Å². The van der Waals surface area contributed by atoms with Crippen LogP contribution in [0.15, 0.2) is 103 Å². The molecule has 23 heteroatoms. The van der Waals surface area contributed by atoms with E-state index in [2.05, 4.69) is 30.9 Å². The number of imidazole rings is 1. The predicted octanol–water partition coefficient (Wildman–Crippen LogP) is 11.0. The van der Waals surface area contributed by atoms with Gasteiger partial charge in [0.2, 0.25) is 0 Å². The van der Waals surface area contributed by atoms with Crippen molar-refractivity contribution >= 4 is 93.7 Å². The van der Waals surface area contributed by atoms with Crippen LogP contribution in [0, 0.1) is 23.3 Å². The third-order valence-corrected chi connectivity index (χ3v) is 12.3. The van der Waals surface area contributed by atoms with E-state index >= 15 is 0 Å². The molecule has 0 bridgehead atoms. The lowest BCUT2D eigenvalue weighted by Gasteiger charge is -2.16. The van der Waals surface area contributed by atoms with Crippen molar-refractivity contribution in [2.75, 3.05) is 10.6 Å². The van der Waals surface area contributed by atoms with Gasteiger partial charge in [-0.2, -0.15) is 0 Å². The average molecular weight is 1030 g/mol. The Balaban J connectivity index is 0.000000179. The first kappa shape index (κ1) is 51.0. The summed E-state index contributed by atoms with van der Waals surface area (Å²) in [5, 5.41) is 12.8. The van der Waals surface area contributed by atoms with Crippen LogP contribution in [0.1, 0.15) is 77.9 Å². The number of hydrogen-bond donors (Lipinski definition) is 4. The topological polar surface area (TPSA) is 192 Å². The number of nitrogens with two attached hydrogens (primary N) is 1. The quantitative estimate of drug-likeness (QED) is 0.101. The molecule has 0 fully saturated rings. The smallest absolute Gasteiger partial charge is 0.419 e. The molecule has 2 aliphatic rings. The maximum absolute atomic E-state index is 14.6. The second-order valence-electron chi connectivity index (χ2n) is 14.5. The lowest BCUT2D eigenvalue weighted by Crippen LogP contribution is -2.28. The fraction of sp³-hybridized carbons (Fsp3) is 0.178. The van der Waals surface area contributed by atoms with E-state index in [-0.39, 0.29) is 58.7 Å². The highest BCUT2D eigenvalue weighted by Gasteiger charge is 2.32. The Kier molecular flexibility index (Phi) is 17.6. The van der Waals surface area contributed by atoms with Gasteiger partial charge in [0.05, 0.1) is 16.1 Å². The van der Waals surface area contributed by atoms with Gasteiger partial charge in [0.15, 0.2) is 0 Å². The number of thiazole rings is 2. The number of carbonyl (C=O) groups is 4. The molecule has 4 aromatic carbocycles. The number of rotatable bonds is 9. The average Bonchev–Trinajstić information content (AvgIpc) is 4.18. The van der Waals surface area contributed by atoms with Gasteiger partial charge < -0.3 is 31.2 Å². The highest BCUT2D eigenvalue weighted by Crippen LogP contribution is 2.37. The minimum atomic E-state index is -0.691. The number of anilines is 2. The van der Waals surface area contributed by atoms with E-state index in [9.17, 15) is 36.7 Å². The minimum Gasteiger partial charge on any atom is -0.442 e. The summed E-state index contributed by atoms with van der Waals surface area (Å²) in [6, 6.07) is 12.0. The Hall–Kier alpha value is -6.42. The summed E-state index contributed by atoms with van der Waals surface area (Å²) in [6.07, 6.45) is 8.57. The first-order valence-electron chi connectivity index (χ1n) is 20.0. The van der Waals surface area contributed by atoms with E-state index in [1.54, 1.807) is 17.8 Å². The fourth-order valence-corrected chi connectivity index (χ4v) is 8.52. The van der Waals surface area contributed by atoms with Crippen molar-refractivity contribution in [3.8, 4) is 0 Å². The maximum atomic E-state index is 14.6. The molecule has 0 aliphatic heterocycles. The molecule has 5 N–H and O–H groups in total. The molecule has 0 saturated carbocycles. The SMILES string of the molecule is Cl.N[C@H]1CCc2c(C(=O)Nc3ccc(F)c(Cl)c3)ccc(F)c21.O=C(N[C@H]1CCc2c(C(=O)Nc3ccc(F)c(Cl)c3)ccc(F)c21)OCc1nccs1.O=C(OCc1nccs1)n1ccnc1. The van der Waals surface area contributed by atoms with E-state index in [1.165, 1.54) is 101 Å². The van der Waals surface area contributed by atoms with Crippen molar-refractivity contribution in [2.45, 2.75) is 51.0 Å². The third kappa shape index (κ3) is 12.8. The van der Waals surface area contributed by atoms with Crippen LogP contribution >= 0.6 is 58.3 Å². The number of nitrogens with one attached hydrogen (secondary N) is 3. The third-order valence-electron chi connectivity index (χ3n) is 10.2. The van der Waals surface area contributed by atoms with E-state index in [0.29, 0.717) is 64.3 Å². The molecular formula is C45H37Cl3F4N8O6S2. The van der Waals surface area contributed by atoms with Crippen LogP contribution in [-0.4, -0.2) is 43.5 Å². The number of aromatic nitrogens is 4. The van der Waals surface area contributed by atoms with Crippen LogP contribution in [0.5, 0.6) is 0 Å². The molecule has 0 unspecified atom stereocenters. The second kappa shape index (κ2) is 23.5. The minimum absolute atomic E-state index is 0. The Labute approximate surface area is 409 Å². The number of benzene rings is 4. The molecule has 3 amide bonds. The van der Waals surface area contributed by atoms with Gasteiger partial charge in [0.1, 0.15) is 52.8 Å².